The van der Waals surface area contributed by atoms with E-state index in [1.165, 1.54) is 0 Å². The van der Waals surface area contributed by atoms with Gasteiger partial charge in [0.25, 0.3) is 0 Å². The Morgan fingerprint density at radius 3 is 2.76 bits per heavy atom. The molecule has 3 heteroatoms. The average Bonchev–Trinajstić information content (AvgIpc) is 2.63. The van der Waals surface area contributed by atoms with Crippen LogP contribution in [0.25, 0.3) is 10.9 Å². The molecular weight excluding hydrogens is 234 g/mol. The Bertz CT molecular complexity index is 516. The van der Waals surface area contributed by atoms with E-state index >= 15 is 0 Å². The summed E-state index contributed by atoms with van der Waals surface area (Å²) in [6, 6.07) is 5.82. The summed E-state index contributed by atoms with van der Waals surface area (Å²) in [6.07, 6.45) is 3.16. The highest BCUT2D eigenvalue weighted by molar-refractivity contribution is 6.31. The second-order valence-electron chi connectivity index (χ2n) is 4.85. The number of nitrogens with zero attached hydrogens (tertiary/aromatic N) is 1. The van der Waals surface area contributed by atoms with Crippen molar-refractivity contribution in [2.75, 3.05) is 0 Å². The van der Waals surface area contributed by atoms with E-state index in [1.54, 1.807) is 0 Å². The summed E-state index contributed by atoms with van der Waals surface area (Å²) in [5.41, 5.74) is 2.09. The predicted molar refractivity (Wildman–Crippen MR) is 72.3 cm³/mol. The summed E-state index contributed by atoms with van der Waals surface area (Å²) in [5, 5.41) is 11.2. The normalized spacial score (nSPS) is 11.6. The molecule has 2 aromatic rings. The molecular formula is C14H18ClNO. The van der Waals surface area contributed by atoms with Crippen LogP contribution in [0.2, 0.25) is 5.02 Å². The molecule has 1 aromatic heterocycles. The molecule has 0 unspecified atom stereocenters. The van der Waals surface area contributed by atoms with E-state index in [2.05, 4.69) is 18.4 Å². The highest BCUT2D eigenvalue weighted by Crippen LogP contribution is 2.25. The summed E-state index contributed by atoms with van der Waals surface area (Å²) < 4.78 is 2.19. The third-order valence-corrected chi connectivity index (χ3v) is 3.28. The van der Waals surface area contributed by atoms with E-state index in [1.807, 2.05) is 24.4 Å². The number of aryl methyl sites for hydroxylation is 1. The number of hydrogen-bond acceptors (Lipinski definition) is 1. The number of aliphatic hydroxyl groups excluding tert-OH is 1. The van der Waals surface area contributed by atoms with Crippen LogP contribution in [-0.4, -0.2) is 9.67 Å². The van der Waals surface area contributed by atoms with Gasteiger partial charge in [-0.15, -0.1) is 0 Å². The van der Waals surface area contributed by atoms with Gasteiger partial charge in [0.15, 0.2) is 0 Å². The second kappa shape index (κ2) is 5.11. The van der Waals surface area contributed by atoms with Gasteiger partial charge in [-0.25, -0.2) is 0 Å². The van der Waals surface area contributed by atoms with Crippen LogP contribution < -0.4 is 0 Å². The fourth-order valence-corrected chi connectivity index (χ4v) is 2.22. The molecule has 17 heavy (non-hydrogen) atoms. The maximum absolute atomic E-state index is 9.35. The first-order chi connectivity index (χ1) is 8.11. The largest absolute Gasteiger partial charge is 0.392 e. The van der Waals surface area contributed by atoms with Crippen LogP contribution in [0.3, 0.4) is 0 Å². The molecule has 2 nitrogen and oxygen atoms in total. The zero-order valence-electron chi connectivity index (χ0n) is 10.3. The maximum Gasteiger partial charge on any atom is 0.0702 e. The van der Waals surface area contributed by atoms with Gasteiger partial charge < -0.3 is 9.67 Å². The summed E-state index contributed by atoms with van der Waals surface area (Å²) in [6.45, 7) is 5.47. The lowest BCUT2D eigenvalue weighted by atomic mass is 10.1. The molecule has 0 aliphatic heterocycles. The smallest absolute Gasteiger partial charge is 0.0702 e. The van der Waals surface area contributed by atoms with Gasteiger partial charge in [0, 0.05) is 34.2 Å². The quantitative estimate of drug-likeness (QED) is 0.878. The van der Waals surface area contributed by atoms with Gasteiger partial charge in [-0.1, -0.05) is 31.5 Å². The summed E-state index contributed by atoms with van der Waals surface area (Å²) in [7, 11) is 0. The van der Waals surface area contributed by atoms with E-state index in [0.29, 0.717) is 5.92 Å². The number of benzene rings is 1. The molecule has 0 fully saturated rings. The molecule has 0 spiro atoms. The van der Waals surface area contributed by atoms with Crippen LogP contribution in [0.4, 0.5) is 0 Å². The molecule has 1 N–H and O–H groups in total. The second-order valence-corrected chi connectivity index (χ2v) is 5.29. The van der Waals surface area contributed by atoms with Gasteiger partial charge >= 0.3 is 0 Å². The molecule has 0 saturated heterocycles. The predicted octanol–water partition coefficient (Wildman–Crippen LogP) is 3.83. The Labute approximate surface area is 107 Å². The van der Waals surface area contributed by atoms with Gasteiger partial charge in [0.05, 0.1) is 6.61 Å². The van der Waals surface area contributed by atoms with Crippen LogP contribution in [0.1, 0.15) is 25.8 Å². The van der Waals surface area contributed by atoms with Crippen LogP contribution in [0.15, 0.2) is 24.4 Å². The van der Waals surface area contributed by atoms with E-state index in [-0.39, 0.29) is 6.61 Å². The maximum atomic E-state index is 9.35. The topological polar surface area (TPSA) is 25.2 Å². The lowest BCUT2D eigenvalue weighted by Crippen LogP contribution is -1.99. The van der Waals surface area contributed by atoms with Crippen molar-refractivity contribution < 1.29 is 5.11 Å². The number of rotatable bonds is 4. The minimum absolute atomic E-state index is 0.0762. The van der Waals surface area contributed by atoms with Gasteiger partial charge in [-0.3, -0.25) is 0 Å². The summed E-state index contributed by atoms with van der Waals surface area (Å²) in [4.78, 5) is 0. The van der Waals surface area contributed by atoms with E-state index in [0.717, 1.165) is 34.5 Å². The number of fused-ring (bicyclic) bond motifs is 1. The molecule has 1 aromatic carbocycles. The zero-order chi connectivity index (χ0) is 12.4. The first-order valence-corrected chi connectivity index (χ1v) is 6.37. The van der Waals surface area contributed by atoms with Gasteiger partial charge in [-0.2, -0.15) is 0 Å². The molecule has 0 radical (unpaired) electrons. The van der Waals surface area contributed by atoms with Crippen molar-refractivity contribution in [3.63, 3.8) is 0 Å². The van der Waals surface area contributed by atoms with E-state index < -0.39 is 0 Å². The van der Waals surface area contributed by atoms with E-state index in [9.17, 15) is 5.11 Å². The van der Waals surface area contributed by atoms with Gasteiger partial charge in [0.2, 0.25) is 0 Å². The molecule has 92 valence electrons. The van der Waals surface area contributed by atoms with Crippen molar-refractivity contribution in [2.24, 2.45) is 5.92 Å². The number of aromatic nitrogens is 1. The highest BCUT2D eigenvalue weighted by Gasteiger charge is 2.08. The third-order valence-electron chi connectivity index (χ3n) is 3.04. The Morgan fingerprint density at radius 1 is 1.35 bits per heavy atom. The fraction of sp³-hybridized carbons (Fsp3) is 0.429. The summed E-state index contributed by atoms with van der Waals surface area (Å²) in [5.74, 6) is 0.671. The molecule has 2 rings (SSSR count). The monoisotopic (exact) mass is 251 g/mol. The third kappa shape index (κ3) is 2.64. The summed E-state index contributed by atoms with van der Waals surface area (Å²) >= 11 is 6.03. The molecule has 0 saturated carbocycles. The Morgan fingerprint density at radius 2 is 2.12 bits per heavy atom. The van der Waals surface area contributed by atoms with Crippen LogP contribution >= 0.6 is 11.6 Å². The average molecular weight is 252 g/mol. The molecule has 0 aliphatic carbocycles. The van der Waals surface area contributed by atoms with Crippen molar-refractivity contribution in [3.05, 3.63) is 35.0 Å². The van der Waals surface area contributed by atoms with Crippen molar-refractivity contribution in [3.8, 4) is 0 Å². The molecule has 0 aliphatic rings. The first-order valence-electron chi connectivity index (χ1n) is 6.00. The lowest BCUT2D eigenvalue weighted by Gasteiger charge is -2.07. The highest BCUT2D eigenvalue weighted by atomic mass is 35.5. The number of halogens is 1. The fourth-order valence-electron chi connectivity index (χ4n) is 2.05. The van der Waals surface area contributed by atoms with Crippen LogP contribution in [0.5, 0.6) is 0 Å². The Balaban J connectivity index is 2.43. The first kappa shape index (κ1) is 12.5. The van der Waals surface area contributed by atoms with Crippen molar-refractivity contribution in [2.45, 2.75) is 33.4 Å². The Hall–Kier alpha value is -0.990. The zero-order valence-corrected chi connectivity index (χ0v) is 11.0. The van der Waals surface area contributed by atoms with Crippen molar-refractivity contribution in [1.29, 1.82) is 0 Å². The van der Waals surface area contributed by atoms with Crippen LogP contribution in [-0.2, 0) is 13.2 Å². The number of aliphatic hydroxyl groups is 1. The molecule has 1 heterocycles. The SMILES string of the molecule is CC(C)CCn1cc(CO)c2ccc(Cl)cc21. The molecule has 0 amide bonds. The standard InChI is InChI=1S/C14H18ClNO/c1-10(2)5-6-16-8-11(9-17)13-4-3-12(15)7-14(13)16/h3-4,7-8,10,17H,5-6,9H2,1-2H3. The molecule has 0 bridgehead atoms. The van der Waals surface area contributed by atoms with Gasteiger partial charge in [0.1, 0.15) is 0 Å². The molecule has 0 atom stereocenters. The van der Waals surface area contributed by atoms with Gasteiger partial charge in [-0.05, 0) is 24.5 Å². The minimum atomic E-state index is 0.0762. The van der Waals surface area contributed by atoms with E-state index in [4.69, 9.17) is 11.6 Å². The number of hydrogen-bond donors (Lipinski definition) is 1. The van der Waals surface area contributed by atoms with Crippen LogP contribution in [0, 0.1) is 5.92 Å². The lowest BCUT2D eigenvalue weighted by molar-refractivity contribution is 0.283. The van der Waals surface area contributed by atoms with Crippen molar-refractivity contribution in [1.82, 2.24) is 4.57 Å². The van der Waals surface area contributed by atoms with Crippen molar-refractivity contribution >= 4 is 22.5 Å². The Kier molecular flexibility index (Phi) is 3.75. The minimum Gasteiger partial charge on any atom is -0.392 e.